The van der Waals surface area contributed by atoms with Gasteiger partial charge in [0.2, 0.25) is 0 Å². The number of ether oxygens (including phenoxy) is 1. The van der Waals surface area contributed by atoms with Gasteiger partial charge in [-0.1, -0.05) is 54.1 Å². The lowest BCUT2D eigenvalue weighted by molar-refractivity contribution is 0.0526. The van der Waals surface area contributed by atoms with E-state index in [9.17, 15) is 9.90 Å². The molecule has 1 fully saturated rings. The first-order valence-electron chi connectivity index (χ1n) is 11.4. The Hall–Kier alpha value is -3.11. The molecule has 3 aromatic rings. The number of hydrogen-bond donors (Lipinski definition) is 1. The van der Waals surface area contributed by atoms with E-state index in [4.69, 9.17) is 4.74 Å². The summed E-state index contributed by atoms with van der Waals surface area (Å²) in [6.07, 6.45) is 1.35. The number of hydrogen-bond acceptors (Lipinski definition) is 4. The van der Waals surface area contributed by atoms with Gasteiger partial charge in [0, 0.05) is 18.8 Å². The second-order valence-electron chi connectivity index (χ2n) is 8.49. The summed E-state index contributed by atoms with van der Waals surface area (Å²) in [7, 11) is 0. The number of carbonyl (C=O) groups excluding carboxylic acids is 1. The van der Waals surface area contributed by atoms with Gasteiger partial charge in [0.1, 0.15) is 0 Å². The molecule has 0 radical (unpaired) electrons. The molecule has 0 unspecified atom stereocenters. The van der Waals surface area contributed by atoms with Crippen LogP contribution in [0.4, 0.5) is 5.69 Å². The number of aryl methyl sites for hydroxylation is 1. The minimum absolute atomic E-state index is 0.219. The summed E-state index contributed by atoms with van der Waals surface area (Å²) in [5.41, 5.74) is 6.17. The molecule has 3 aromatic carbocycles. The van der Waals surface area contributed by atoms with Crippen molar-refractivity contribution in [3.05, 3.63) is 89.5 Å². The van der Waals surface area contributed by atoms with Gasteiger partial charge in [-0.2, -0.15) is 0 Å². The Balaban J connectivity index is 1.43. The Bertz CT molecular complexity index is 1040. The third kappa shape index (κ3) is 4.86. The Morgan fingerprint density at radius 2 is 1.66 bits per heavy atom. The highest BCUT2D eigenvalue weighted by atomic mass is 16.5. The SMILES string of the molecule is CCOC(=O)c1ccc(N2CCC([C@H](O)c3ccccc3-c3ccc(C)cc3)CC2)cc1. The monoisotopic (exact) mass is 429 g/mol. The fourth-order valence-electron chi connectivity index (χ4n) is 4.50. The third-order valence-electron chi connectivity index (χ3n) is 6.37. The molecule has 1 heterocycles. The van der Waals surface area contributed by atoms with E-state index in [1.54, 1.807) is 0 Å². The van der Waals surface area contributed by atoms with Gasteiger partial charge in [-0.15, -0.1) is 0 Å². The largest absolute Gasteiger partial charge is 0.462 e. The normalized spacial score (nSPS) is 15.4. The van der Waals surface area contributed by atoms with Crippen LogP contribution in [-0.2, 0) is 4.74 Å². The van der Waals surface area contributed by atoms with E-state index < -0.39 is 6.10 Å². The molecule has 0 bridgehead atoms. The van der Waals surface area contributed by atoms with Gasteiger partial charge in [0.15, 0.2) is 0 Å². The van der Waals surface area contributed by atoms with Crippen molar-refractivity contribution in [2.24, 2.45) is 5.92 Å². The molecule has 0 saturated carbocycles. The topological polar surface area (TPSA) is 49.8 Å². The lowest BCUT2D eigenvalue weighted by Crippen LogP contribution is -2.35. The molecule has 4 heteroatoms. The summed E-state index contributed by atoms with van der Waals surface area (Å²) < 4.78 is 5.06. The predicted molar refractivity (Wildman–Crippen MR) is 129 cm³/mol. The molecule has 0 spiro atoms. The van der Waals surface area contributed by atoms with Crippen molar-refractivity contribution in [3.63, 3.8) is 0 Å². The van der Waals surface area contributed by atoms with E-state index in [-0.39, 0.29) is 11.9 Å². The van der Waals surface area contributed by atoms with Crippen LogP contribution in [0, 0.1) is 12.8 Å². The number of aliphatic hydroxyl groups is 1. The zero-order valence-corrected chi connectivity index (χ0v) is 18.8. The van der Waals surface area contributed by atoms with Gasteiger partial charge < -0.3 is 14.7 Å². The number of rotatable bonds is 6. The summed E-state index contributed by atoms with van der Waals surface area (Å²) in [6.45, 7) is 6.04. The first-order valence-corrected chi connectivity index (χ1v) is 11.4. The molecule has 1 saturated heterocycles. The molecule has 4 rings (SSSR count). The van der Waals surface area contributed by atoms with Crippen LogP contribution >= 0.6 is 0 Å². The van der Waals surface area contributed by atoms with Crippen molar-refractivity contribution in [2.75, 3.05) is 24.6 Å². The van der Waals surface area contributed by atoms with E-state index in [0.29, 0.717) is 12.2 Å². The summed E-state index contributed by atoms with van der Waals surface area (Å²) in [6, 6.07) is 24.3. The third-order valence-corrected chi connectivity index (χ3v) is 6.37. The van der Waals surface area contributed by atoms with Crippen LogP contribution in [0.3, 0.4) is 0 Å². The molecule has 0 amide bonds. The molecule has 32 heavy (non-hydrogen) atoms. The van der Waals surface area contributed by atoms with Crippen molar-refractivity contribution in [2.45, 2.75) is 32.8 Å². The fraction of sp³-hybridized carbons (Fsp3) is 0.321. The standard InChI is InChI=1S/C28H31NO3/c1-3-32-28(31)23-12-14-24(15-13-23)29-18-16-22(17-19-29)27(30)26-7-5-4-6-25(26)21-10-8-20(2)9-11-21/h4-15,22,27,30H,3,16-19H2,1-2H3/t27-/m0/s1. The van der Waals surface area contributed by atoms with Gasteiger partial charge in [0.05, 0.1) is 18.3 Å². The smallest absolute Gasteiger partial charge is 0.338 e. The molecular formula is C28H31NO3. The van der Waals surface area contributed by atoms with E-state index >= 15 is 0 Å². The number of piperidine rings is 1. The maximum absolute atomic E-state index is 11.9. The molecule has 1 atom stereocenters. The first-order chi connectivity index (χ1) is 15.6. The number of aliphatic hydroxyl groups excluding tert-OH is 1. The average molecular weight is 430 g/mol. The summed E-state index contributed by atoms with van der Waals surface area (Å²) in [4.78, 5) is 14.2. The molecule has 1 aliphatic heterocycles. The van der Waals surface area contributed by atoms with Crippen LogP contribution in [0.5, 0.6) is 0 Å². The maximum Gasteiger partial charge on any atom is 0.338 e. The van der Waals surface area contributed by atoms with Gasteiger partial charge in [0.25, 0.3) is 0 Å². The average Bonchev–Trinajstić information content (AvgIpc) is 2.84. The van der Waals surface area contributed by atoms with Crippen LogP contribution in [-0.4, -0.2) is 30.8 Å². The van der Waals surface area contributed by atoms with Crippen molar-refractivity contribution in [3.8, 4) is 11.1 Å². The Morgan fingerprint density at radius 1 is 1.00 bits per heavy atom. The number of nitrogens with zero attached hydrogens (tertiary/aromatic N) is 1. The molecule has 1 N–H and O–H groups in total. The highest BCUT2D eigenvalue weighted by Gasteiger charge is 2.28. The lowest BCUT2D eigenvalue weighted by atomic mass is 9.84. The van der Waals surface area contributed by atoms with Crippen LogP contribution < -0.4 is 4.90 Å². The molecule has 4 nitrogen and oxygen atoms in total. The van der Waals surface area contributed by atoms with Crippen LogP contribution in [0.2, 0.25) is 0 Å². The van der Waals surface area contributed by atoms with Crippen molar-refractivity contribution in [1.82, 2.24) is 0 Å². The Morgan fingerprint density at radius 3 is 2.31 bits per heavy atom. The number of anilines is 1. The predicted octanol–water partition coefficient (Wildman–Crippen LogP) is 5.79. The van der Waals surface area contributed by atoms with Crippen molar-refractivity contribution in [1.29, 1.82) is 0 Å². The van der Waals surface area contributed by atoms with Crippen LogP contribution in [0.25, 0.3) is 11.1 Å². The second-order valence-corrected chi connectivity index (χ2v) is 8.49. The second kappa shape index (κ2) is 10.0. The van der Waals surface area contributed by atoms with Gasteiger partial charge in [-0.25, -0.2) is 4.79 Å². The highest BCUT2D eigenvalue weighted by Crippen LogP contribution is 2.37. The minimum atomic E-state index is -0.485. The van der Waals surface area contributed by atoms with Gasteiger partial charge in [-0.3, -0.25) is 0 Å². The molecule has 1 aliphatic rings. The van der Waals surface area contributed by atoms with Gasteiger partial charge >= 0.3 is 5.97 Å². The van der Waals surface area contributed by atoms with Crippen molar-refractivity contribution < 1.29 is 14.6 Å². The molecule has 0 aliphatic carbocycles. The summed E-state index contributed by atoms with van der Waals surface area (Å²) >= 11 is 0. The van der Waals surface area contributed by atoms with E-state index in [0.717, 1.165) is 48.3 Å². The van der Waals surface area contributed by atoms with E-state index in [1.807, 2.05) is 43.3 Å². The number of esters is 1. The quantitative estimate of drug-likeness (QED) is 0.504. The van der Waals surface area contributed by atoms with Crippen LogP contribution in [0.1, 0.15) is 47.4 Å². The fourth-order valence-corrected chi connectivity index (χ4v) is 4.50. The van der Waals surface area contributed by atoms with Crippen LogP contribution in [0.15, 0.2) is 72.8 Å². The van der Waals surface area contributed by atoms with Gasteiger partial charge in [-0.05, 0) is 73.6 Å². The van der Waals surface area contributed by atoms with E-state index in [1.165, 1.54) is 5.56 Å². The summed E-state index contributed by atoms with van der Waals surface area (Å²) in [5, 5.41) is 11.3. The van der Waals surface area contributed by atoms with E-state index in [2.05, 4.69) is 48.2 Å². The number of benzene rings is 3. The zero-order chi connectivity index (χ0) is 22.5. The molecule has 0 aromatic heterocycles. The molecular weight excluding hydrogens is 398 g/mol. The highest BCUT2D eigenvalue weighted by molar-refractivity contribution is 5.89. The number of carbonyl (C=O) groups is 1. The molecule has 166 valence electrons. The Kier molecular flexibility index (Phi) is 6.91. The Labute approximate surface area is 190 Å². The first kappa shape index (κ1) is 22.1. The lowest BCUT2D eigenvalue weighted by Gasteiger charge is -2.36. The minimum Gasteiger partial charge on any atom is -0.462 e. The van der Waals surface area contributed by atoms with Crippen molar-refractivity contribution >= 4 is 11.7 Å². The zero-order valence-electron chi connectivity index (χ0n) is 18.8. The maximum atomic E-state index is 11.9. The summed E-state index contributed by atoms with van der Waals surface area (Å²) in [5.74, 6) is -0.0650.